The number of hydrogen-bond donors (Lipinski definition) is 0. The fraction of sp³-hybridized carbons (Fsp3) is 0.263. The van der Waals surface area contributed by atoms with Crippen LogP contribution in [-0.2, 0) is 14.3 Å². The summed E-state index contributed by atoms with van der Waals surface area (Å²) in [5.41, 5.74) is -0.205. The van der Waals surface area contributed by atoms with Crippen molar-refractivity contribution < 1.29 is 23.5 Å². The molecule has 1 aromatic carbocycles. The molecule has 0 saturated heterocycles. The lowest BCUT2D eigenvalue weighted by Crippen LogP contribution is -2.34. The number of amides is 1. The van der Waals surface area contributed by atoms with Gasteiger partial charge in [-0.2, -0.15) is 0 Å². The zero-order valence-corrected chi connectivity index (χ0v) is 17.6. The Bertz CT molecular complexity index is 1080. The minimum absolute atomic E-state index is 0.0754. The van der Waals surface area contributed by atoms with Gasteiger partial charge in [0.25, 0.3) is 11.8 Å². The predicted molar refractivity (Wildman–Crippen MR) is 108 cm³/mol. The van der Waals surface area contributed by atoms with Gasteiger partial charge >= 0.3 is 5.97 Å². The highest BCUT2D eigenvalue weighted by Gasteiger charge is 2.21. The van der Waals surface area contributed by atoms with Crippen LogP contribution in [0, 0.1) is 5.82 Å². The van der Waals surface area contributed by atoms with Crippen LogP contribution in [0.25, 0.3) is 5.69 Å². The van der Waals surface area contributed by atoms with Gasteiger partial charge in [0.15, 0.2) is 5.82 Å². The number of rotatable bonds is 7. The lowest BCUT2D eigenvalue weighted by atomic mass is 10.2. The van der Waals surface area contributed by atoms with E-state index in [1.165, 1.54) is 6.20 Å². The second kappa shape index (κ2) is 9.04. The highest BCUT2D eigenvalue weighted by Crippen LogP contribution is 2.24. The van der Waals surface area contributed by atoms with E-state index < -0.39 is 17.4 Å². The summed E-state index contributed by atoms with van der Waals surface area (Å²) in [4.78, 5) is 29.2. The number of carbonyl (C=O) groups is 2. The summed E-state index contributed by atoms with van der Waals surface area (Å²) in [5.74, 6) is -1.29. The number of carbonyl (C=O) groups excluding carboxylic acids is 2. The molecule has 0 aliphatic heterocycles. The predicted octanol–water partition coefficient (Wildman–Crippen LogP) is 2.95. The second-order valence-corrected chi connectivity index (χ2v) is 7.67. The lowest BCUT2D eigenvalue weighted by molar-refractivity contribution is -0.153. The van der Waals surface area contributed by atoms with E-state index in [-0.39, 0.29) is 23.4 Å². The molecule has 162 valence electrons. The number of ether oxygens (including phenoxy) is 2. The van der Waals surface area contributed by atoms with Gasteiger partial charge in [0.05, 0.1) is 10.7 Å². The summed E-state index contributed by atoms with van der Waals surface area (Å²) in [6, 6.07) is 7.37. The molecule has 0 aliphatic carbocycles. The molecule has 0 unspecified atom stereocenters. The van der Waals surface area contributed by atoms with Crippen molar-refractivity contribution in [3.05, 3.63) is 47.4 Å². The first-order valence-electron chi connectivity index (χ1n) is 8.98. The van der Waals surface area contributed by atoms with Gasteiger partial charge in [-0.05, 0) is 56.3 Å². The second-order valence-electron chi connectivity index (χ2n) is 7.24. The number of hydrogen-bond acceptors (Lipinski definition) is 8. The molecular formula is C19H18ClFN6O4. The normalized spacial score (nSPS) is 11.1. The molecule has 2 heterocycles. The van der Waals surface area contributed by atoms with Crippen LogP contribution in [0.1, 0.15) is 20.8 Å². The molecule has 10 nitrogen and oxygen atoms in total. The Morgan fingerprint density at radius 3 is 2.61 bits per heavy atom. The van der Waals surface area contributed by atoms with E-state index in [0.717, 1.165) is 15.8 Å². The van der Waals surface area contributed by atoms with Crippen molar-refractivity contribution in [2.75, 3.05) is 11.4 Å². The fourth-order valence-corrected chi connectivity index (χ4v) is 2.48. The van der Waals surface area contributed by atoms with Gasteiger partial charge in [-0.25, -0.2) is 9.37 Å². The van der Waals surface area contributed by atoms with E-state index in [2.05, 4.69) is 20.4 Å². The van der Waals surface area contributed by atoms with Gasteiger partial charge in [-0.3, -0.25) is 14.5 Å². The molecule has 0 saturated carbocycles. The number of aromatic nitrogens is 5. The molecule has 0 atom stereocenters. The Labute approximate surface area is 181 Å². The Morgan fingerprint density at radius 2 is 2.00 bits per heavy atom. The van der Waals surface area contributed by atoms with Crippen LogP contribution >= 0.6 is 11.6 Å². The molecule has 0 aliphatic rings. The molecule has 12 heteroatoms. The van der Waals surface area contributed by atoms with Crippen molar-refractivity contribution in [3.8, 4) is 17.3 Å². The summed E-state index contributed by atoms with van der Waals surface area (Å²) >= 11 is 5.67. The average Bonchev–Trinajstić information content (AvgIpc) is 3.17. The summed E-state index contributed by atoms with van der Waals surface area (Å²) in [7, 11) is 0. The highest BCUT2D eigenvalue weighted by molar-refractivity contribution is 6.30. The number of anilines is 1. The molecule has 0 radical (unpaired) electrons. The van der Waals surface area contributed by atoms with E-state index in [0.29, 0.717) is 17.8 Å². The van der Waals surface area contributed by atoms with Gasteiger partial charge in [-0.1, -0.05) is 16.7 Å². The summed E-state index contributed by atoms with van der Waals surface area (Å²) < 4.78 is 24.4. The van der Waals surface area contributed by atoms with E-state index >= 15 is 0 Å². The minimum atomic E-state index is -0.696. The largest absolute Gasteiger partial charge is 0.459 e. The van der Waals surface area contributed by atoms with E-state index in [4.69, 9.17) is 21.1 Å². The monoisotopic (exact) mass is 448 g/mol. The maximum absolute atomic E-state index is 13.8. The molecular weight excluding hydrogens is 431 g/mol. The van der Waals surface area contributed by atoms with Gasteiger partial charge in [0.1, 0.15) is 17.9 Å². The number of esters is 1. The van der Waals surface area contributed by atoms with E-state index in [9.17, 15) is 14.0 Å². The number of tetrazole rings is 1. The number of nitrogens with zero attached hydrogens (tertiary/aromatic N) is 6. The molecule has 0 fully saturated rings. The highest BCUT2D eigenvalue weighted by atomic mass is 35.5. The third-order valence-electron chi connectivity index (χ3n) is 3.56. The number of benzene rings is 1. The molecule has 31 heavy (non-hydrogen) atoms. The molecule has 2 aromatic heterocycles. The van der Waals surface area contributed by atoms with Crippen molar-refractivity contribution in [2.24, 2.45) is 0 Å². The Kier molecular flexibility index (Phi) is 6.44. The van der Waals surface area contributed by atoms with Crippen LogP contribution in [-0.4, -0.2) is 49.7 Å². The number of pyridine rings is 1. The summed E-state index contributed by atoms with van der Waals surface area (Å²) in [5, 5.41) is 11.9. The van der Waals surface area contributed by atoms with Gasteiger partial charge in [0, 0.05) is 6.20 Å². The molecule has 0 bridgehead atoms. The Morgan fingerprint density at radius 1 is 1.29 bits per heavy atom. The Balaban J connectivity index is 1.70. The van der Waals surface area contributed by atoms with Crippen molar-refractivity contribution in [1.29, 1.82) is 0 Å². The average molecular weight is 449 g/mol. The first kappa shape index (κ1) is 22.1. The number of halogens is 2. The van der Waals surface area contributed by atoms with Crippen LogP contribution in [0.2, 0.25) is 5.02 Å². The zero-order valence-electron chi connectivity index (χ0n) is 16.8. The van der Waals surface area contributed by atoms with Crippen LogP contribution in [0.15, 0.2) is 36.5 Å². The van der Waals surface area contributed by atoms with E-state index in [1.807, 2.05) is 0 Å². The smallest absolute Gasteiger partial charge is 0.326 e. The van der Waals surface area contributed by atoms with Crippen molar-refractivity contribution in [3.63, 3.8) is 0 Å². The SMILES string of the molecule is CC(C)(C)OC(=O)CN(C=O)c1nnn(-c2ccc(Oc3ncc(Cl)cc3F)cc2)n1. The summed E-state index contributed by atoms with van der Waals surface area (Å²) in [6.07, 6.45) is 1.68. The topological polar surface area (TPSA) is 112 Å². The van der Waals surface area contributed by atoms with Crippen LogP contribution in [0.3, 0.4) is 0 Å². The molecule has 3 aromatic rings. The van der Waals surface area contributed by atoms with Gasteiger partial charge in [0.2, 0.25) is 6.41 Å². The van der Waals surface area contributed by atoms with Crippen molar-refractivity contribution in [2.45, 2.75) is 26.4 Å². The van der Waals surface area contributed by atoms with Crippen molar-refractivity contribution >= 4 is 29.9 Å². The molecule has 3 rings (SSSR count). The fourth-order valence-electron chi connectivity index (χ4n) is 2.34. The van der Waals surface area contributed by atoms with Gasteiger partial charge < -0.3 is 9.47 Å². The maximum Gasteiger partial charge on any atom is 0.326 e. The maximum atomic E-state index is 13.8. The first-order chi connectivity index (χ1) is 14.6. The standard InChI is InChI=1S/C19H18ClFN6O4/c1-19(2,3)31-16(29)10-26(11-28)18-23-25-27(24-18)13-4-6-14(7-5-13)30-17-15(21)8-12(20)9-22-17/h4-9,11H,10H2,1-3H3. The minimum Gasteiger partial charge on any atom is -0.459 e. The summed E-state index contributed by atoms with van der Waals surface area (Å²) in [6.45, 7) is 4.79. The first-order valence-corrected chi connectivity index (χ1v) is 9.35. The molecule has 0 N–H and O–H groups in total. The molecule has 0 spiro atoms. The molecule has 1 amide bonds. The van der Waals surface area contributed by atoms with Crippen LogP contribution in [0.5, 0.6) is 11.6 Å². The van der Waals surface area contributed by atoms with Crippen LogP contribution < -0.4 is 9.64 Å². The Hall–Kier alpha value is -3.60. The zero-order chi connectivity index (χ0) is 22.6. The third-order valence-corrected chi connectivity index (χ3v) is 3.77. The van der Waals surface area contributed by atoms with Crippen LogP contribution in [0.4, 0.5) is 10.3 Å². The van der Waals surface area contributed by atoms with Crippen molar-refractivity contribution in [1.82, 2.24) is 25.2 Å². The van der Waals surface area contributed by atoms with E-state index in [1.54, 1.807) is 45.0 Å². The third kappa shape index (κ3) is 5.95. The van der Waals surface area contributed by atoms with Gasteiger partial charge in [-0.15, -0.1) is 9.90 Å². The quantitative estimate of drug-likeness (QED) is 0.400. The lowest BCUT2D eigenvalue weighted by Gasteiger charge is -2.21.